The zero-order chi connectivity index (χ0) is 22.1. The van der Waals surface area contributed by atoms with E-state index in [9.17, 15) is 4.57 Å². The van der Waals surface area contributed by atoms with Crippen LogP contribution >= 0.6 is 19.2 Å². The third-order valence-corrected chi connectivity index (χ3v) is 7.14. The van der Waals surface area contributed by atoms with Gasteiger partial charge in [0.1, 0.15) is 11.9 Å². The van der Waals surface area contributed by atoms with Gasteiger partial charge in [0.05, 0.1) is 30.7 Å². The summed E-state index contributed by atoms with van der Waals surface area (Å²) in [5.41, 5.74) is 6.32. The van der Waals surface area contributed by atoms with E-state index >= 15 is 0 Å². The quantitative estimate of drug-likeness (QED) is 0.382. The van der Waals surface area contributed by atoms with Crippen LogP contribution in [-0.4, -0.2) is 43.7 Å². The van der Waals surface area contributed by atoms with Crippen LogP contribution < -0.4 is 5.73 Å². The number of fused-ring (bicyclic) bond motifs is 1. The number of imidazole rings is 1. The average Bonchev–Trinajstić information content (AvgIpc) is 3.13. The predicted octanol–water partition coefficient (Wildman–Crippen LogP) is 4.64. The van der Waals surface area contributed by atoms with Crippen molar-refractivity contribution in [3.05, 3.63) is 11.5 Å². The smallest absolute Gasteiger partial charge is 0.356 e. The normalized spacial score (nSPS) is 21.8. The first kappa shape index (κ1) is 23.4. The molecule has 2 aromatic heterocycles. The van der Waals surface area contributed by atoms with E-state index in [1.165, 1.54) is 0 Å². The number of hydrogen-bond acceptors (Lipinski definition) is 8. The van der Waals surface area contributed by atoms with Gasteiger partial charge in [-0.05, 0) is 46.5 Å². The van der Waals surface area contributed by atoms with Crippen molar-refractivity contribution in [3.8, 4) is 0 Å². The summed E-state index contributed by atoms with van der Waals surface area (Å²) in [7, 11) is -3.40. The summed E-state index contributed by atoms with van der Waals surface area (Å²) in [6.07, 6.45) is 3.96. The Kier molecular flexibility index (Phi) is 7.09. The fourth-order valence-corrected chi connectivity index (χ4v) is 5.84. The van der Waals surface area contributed by atoms with Crippen LogP contribution in [0.25, 0.3) is 11.2 Å². The maximum atomic E-state index is 13.2. The molecule has 2 unspecified atom stereocenters. The lowest BCUT2D eigenvalue weighted by Crippen LogP contribution is -2.26. The van der Waals surface area contributed by atoms with E-state index in [1.54, 1.807) is 6.33 Å². The van der Waals surface area contributed by atoms with Crippen molar-refractivity contribution >= 4 is 36.3 Å². The predicted molar refractivity (Wildman–Crippen MR) is 116 cm³/mol. The van der Waals surface area contributed by atoms with E-state index in [4.69, 9.17) is 31.1 Å². The van der Waals surface area contributed by atoms with E-state index in [-0.39, 0.29) is 29.7 Å². The molecule has 3 rings (SSSR count). The fraction of sp³-hybridized carbons (Fsp3) is 0.737. The Labute approximate surface area is 182 Å². The number of nitrogen functional groups attached to an aromatic ring is 1. The van der Waals surface area contributed by atoms with Gasteiger partial charge in [-0.3, -0.25) is 4.57 Å². The SMILES string of the molecule is CCCC1CC1(Cn1cnc2c(Cl)nc(N)nc21)OCP(=O)(OC(C)C)OC(C)C. The monoisotopic (exact) mass is 459 g/mol. The van der Waals surface area contributed by atoms with Gasteiger partial charge in [0, 0.05) is 0 Å². The molecule has 2 N–H and O–H groups in total. The highest BCUT2D eigenvalue weighted by molar-refractivity contribution is 7.53. The molecule has 9 nitrogen and oxygen atoms in total. The molecule has 0 spiro atoms. The van der Waals surface area contributed by atoms with Crippen LogP contribution in [0.3, 0.4) is 0 Å². The highest BCUT2D eigenvalue weighted by Crippen LogP contribution is 2.57. The molecular weight excluding hydrogens is 429 g/mol. The molecule has 0 radical (unpaired) electrons. The molecule has 0 aromatic carbocycles. The number of anilines is 1. The molecule has 1 fully saturated rings. The van der Waals surface area contributed by atoms with E-state index in [0.717, 1.165) is 19.3 Å². The topological polar surface area (TPSA) is 114 Å². The molecule has 2 aromatic rings. The maximum Gasteiger partial charge on any atom is 0.356 e. The second-order valence-electron chi connectivity index (χ2n) is 8.36. The first-order valence-corrected chi connectivity index (χ1v) is 12.4. The van der Waals surface area contributed by atoms with Crippen molar-refractivity contribution < 1.29 is 18.3 Å². The van der Waals surface area contributed by atoms with Gasteiger partial charge in [-0.25, -0.2) is 4.98 Å². The fourth-order valence-electron chi connectivity index (χ4n) is 3.75. The molecule has 0 amide bonds. The van der Waals surface area contributed by atoms with Gasteiger partial charge in [0.25, 0.3) is 0 Å². The number of aromatic nitrogens is 4. The minimum atomic E-state index is -3.40. The number of halogens is 1. The summed E-state index contributed by atoms with van der Waals surface area (Å²) < 4.78 is 32.7. The Morgan fingerprint density at radius 3 is 2.57 bits per heavy atom. The highest BCUT2D eigenvalue weighted by atomic mass is 35.5. The highest BCUT2D eigenvalue weighted by Gasteiger charge is 2.56. The summed E-state index contributed by atoms with van der Waals surface area (Å²) in [6.45, 7) is 9.94. The molecule has 30 heavy (non-hydrogen) atoms. The molecule has 2 heterocycles. The number of rotatable bonds is 11. The number of ether oxygens (including phenoxy) is 1. The number of hydrogen-bond donors (Lipinski definition) is 1. The summed E-state index contributed by atoms with van der Waals surface area (Å²) in [5.74, 6) is 0.423. The van der Waals surface area contributed by atoms with Crippen LogP contribution in [0.4, 0.5) is 5.95 Å². The molecule has 0 aliphatic heterocycles. The minimum Gasteiger partial charge on any atom is -0.368 e. The van der Waals surface area contributed by atoms with Crippen LogP contribution in [0.1, 0.15) is 53.9 Å². The summed E-state index contributed by atoms with van der Waals surface area (Å²) in [5, 5.41) is 0.215. The number of nitrogens with two attached hydrogens (primary N) is 1. The Bertz CT molecular complexity index is 923. The van der Waals surface area contributed by atoms with E-state index in [1.807, 2.05) is 32.3 Å². The maximum absolute atomic E-state index is 13.2. The Balaban J connectivity index is 1.83. The first-order valence-electron chi connectivity index (χ1n) is 10.3. The third kappa shape index (κ3) is 5.32. The van der Waals surface area contributed by atoms with Crippen LogP contribution in [-0.2, 0) is 24.9 Å². The lowest BCUT2D eigenvalue weighted by molar-refractivity contribution is 0.0159. The zero-order valence-electron chi connectivity index (χ0n) is 18.2. The van der Waals surface area contributed by atoms with Crippen LogP contribution in [0.15, 0.2) is 6.33 Å². The van der Waals surface area contributed by atoms with E-state index in [2.05, 4.69) is 21.9 Å². The van der Waals surface area contributed by atoms with Gasteiger partial charge in [-0.15, -0.1) is 0 Å². The van der Waals surface area contributed by atoms with Gasteiger partial charge in [0.2, 0.25) is 5.95 Å². The van der Waals surface area contributed by atoms with Gasteiger partial charge < -0.3 is 24.1 Å². The molecule has 1 aliphatic rings. The molecule has 1 saturated carbocycles. The average molecular weight is 460 g/mol. The van der Waals surface area contributed by atoms with Crippen LogP contribution in [0.2, 0.25) is 5.15 Å². The summed E-state index contributed by atoms with van der Waals surface area (Å²) in [6, 6.07) is 0. The van der Waals surface area contributed by atoms with Crippen molar-refractivity contribution in [1.29, 1.82) is 0 Å². The molecule has 2 atom stereocenters. The molecule has 0 saturated heterocycles. The van der Waals surface area contributed by atoms with Gasteiger partial charge >= 0.3 is 7.60 Å². The van der Waals surface area contributed by atoms with Gasteiger partial charge in [0.15, 0.2) is 10.8 Å². The van der Waals surface area contributed by atoms with Gasteiger partial charge in [-0.2, -0.15) is 9.97 Å². The van der Waals surface area contributed by atoms with Gasteiger partial charge in [-0.1, -0.05) is 24.9 Å². The molecular formula is C19H31ClN5O4P. The van der Waals surface area contributed by atoms with Crippen molar-refractivity contribution in [2.24, 2.45) is 5.92 Å². The van der Waals surface area contributed by atoms with E-state index < -0.39 is 13.2 Å². The van der Waals surface area contributed by atoms with Crippen LogP contribution in [0.5, 0.6) is 0 Å². The molecule has 11 heteroatoms. The Hall–Kier alpha value is -1.25. The molecule has 0 bridgehead atoms. The Morgan fingerprint density at radius 2 is 1.97 bits per heavy atom. The lowest BCUT2D eigenvalue weighted by Gasteiger charge is -2.26. The minimum absolute atomic E-state index is 0.0882. The second-order valence-corrected chi connectivity index (χ2v) is 10.6. The Morgan fingerprint density at radius 1 is 1.30 bits per heavy atom. The summed E-state index contributed by atoms with van der Waals surface area (Å²) >= 11 is 6.15. The van der Waals surface area contributed by atoms with Crippen molar-refractivity contribution in [3.63, 3.8) is 0 Å². The standard InChI is InChI=1S/C19H31ClN5O4P/c1-6-7-14-8-19(14,27-11-30(26,28-12(2)3)29-13(4)5)9-25-10-22-15-16(20)23-18(21)24-17(15)25/h10,12-14H,6-9,11H2,1-5H3,(H2,21,23,24). The van der Waals surface area contributed by atoms with Crippen LogP contribution in [0, 0.1) is 5.92 Å². The number of nitrogens with zero attached hydrogens (tertiary/aromatic N) is 4. The summed E-state index contributed by atoms with van der Waals surface area (Å²) in [4.78, 5) is 12.6. The van der Waals surface area contributed by atoms with Crippen molar-refractivity contribution in [1.82, 2.24) is 19.5 Å². The zero-order valence-corrected chi connectivity index (χ0v) is 19.8. The van der Waals surface area contributed by atoms with Crippen molar-refractivity contribution in [2.45, 2.75) is 78.2 Å². The van der Waals surface area contributed by atoms with Crippen molar-refractivity contribution in [2.75, 3.05) is 12.1 Å². The molecule has 1 aliphatic carbocycles. The first-order chi connectivity index (χ1) is 14.1. The second kappa shape index (κ2) is 9.09. The molecule has 168 valence electrons. The lowest BCUT2D eigenvalue weighted by atomic mass is 10.1. The third-order valence-electron chi connectivity index (χ3n) is 4.94. The largest absolute Gasteiger partial charge is 0.368 e. The van der Waals surface area contributed by atoms with E-state index in [0.29, 0.717) is 23.6 Å².